The first kappa shape index (κ1) is 12.4. The molecule has 2 aromatic rings. The Kier molecular flexibility index (Phi) is 3.35. The molecule has 0 atom stereocenters. The van der Waals surface area contributed by atoms with Crippen molar-refractivity contribution in [3.63, 3.8) is 0 Å². The van der Waals surface area contributed by atoms with Crippen LogP contribution in [0.2, 0.25) is 0 Å². The minimum absolute atomic E-state index is 0.0200. The van der Waals surface area contributed by atoms with Crippen LogP contribution in [0.4, 0.5) is 4.39 Å². The summed E-state index contributed by atoms with van der Waals surface area (Å²) < 4.78 is 12.8. The Bertz CT molecular complexity index is 649. The monoisotopic (exact) mass is 292 g/mol. The molecular weight excluding hydrogens is 283 g/mol. The normalized spacial score (nSPS) is 16.9. The van der Waals surface area contributed by atoms with Crippen molar-refractivity contribution in [2.24, 2.45) is 0 Å². The molecule has 1 aromatic heterocycles. The Hall–Kier alpha value is -1.66. The molecule has 2 heterocycles. The van der Waals surface area contributed by atoms with Gasteiger partial charge in [0.2, 0.25) is 5.91 Å². The van der Waals surface area contributed by atoms with E-state index in [1.54, 1.807) is 12.1 Å². The highest BCUT2D eigenvalue weighted by atomic mass is 32.2. The van der Waals surface area contributed by atoms with E-state index in [0.717, 1.165) is 21.3 Å². The zero-order chi connectivity index (χ0) is 13.2. The summed E-state index contributed by atoms with van der Waals surface area (Å²) >= 11 is 2.96. The molecule has 0 spiro atoms. The van der Waals surface area contributed by atoms with Crippen molar-refractivity contribution in [3.05, 3.63) is 45.5 Å². The molecular formula is C13H9FN2OS2. The standard InChI is InChI=1S/C13H9FN2OS2/c14-9-3-1-8(2-4-9)10-6-18-12(15-10)5-13-16-11(17)7-19-13/h1-6H,7H2,(H,16,17)/b13-5+. The highest BCUT2D eigenvalue weighted by molar-refractivity contribution is 8.04. The van der Waals surface area contributed by atoms with Crippen LogP contribution >= 0.6 is 23.1 Å². The maximum Gasteiger partial charge on any atom is 0.235 e. The molecule has 6 heteroatoms. The zero-order valence-corrected chi connectivity index (χ0v) is 11.4. The topological polar surface area (TPSA) is 42.0 Å². The van der Waals surface area contributed by atoms with Crippen molar-refractivity contribution < 1.29 is 9.18 Å². The molecule has 0 saturated carbocycles. The summed E-state index contributed by atoms with van der Waals surface area (Å²) in [5, 5.41) is 6.33. The molecule has 0 radical (unpaired) electrons. The summed E-state index contributed by atoms with van der Waals surface area (Å²) in [7, 11) is 0. The second-order valence-corrected chi connectivity index (χ2v) is 5.83. The van der Waals surface area contributed by atoms with Gasteiger partial charge in [-0.1, -0.05) is 11.8 Å². The fraction of sp³-hybridized carbons (Fsp3) is 0.0769. The van der Waals surface area contributed by atoms with E-state index in [-0.39, 0.29) is 11.7 Å². The number of thiazole rings is 1. The molecule has 1 amide bonds. The smallest absolute Gasteiger partial charge is 0.235 e. The van der Waals surface area contributed by atoms with Gasteiger partial charge in [0.1, 0.15) is 10.8 Å². The largest absolute Gasteiger partial charge is 0.320 e. The summed E-state index contributed by atoms with van der Waals surface area (Å²) in [6.45, 7) is 0. The lowest BCUT2D eigenvalue weighted by atomic mass is 10.2. The molecule has 0 unspecified atom stereocenters. The SMILES string of the molecule is O=C1CS/C(=C/c2nc(-c3ccc(F)cc3)cs2)N1. The van der Waals surface area contributed by atoms with E-state index < -0.39 is 0 Å². The van der Waals surface area contributed by atoms with Crippen molar-refractivity contribution in [2.75, 3.05) is 5.75 Å². The van der Waals surface area contributed by atoms with Gasteiger partial charge >= 0.3 is 0 Å². The van der Waals surface area contributed by atoms with Gasteiger partial charge in [-0.2, -0.15) is 0 Å². The molecule has 96 valence electrons. The quantitative estimate of drug-likeness (QED) is 0.924. The van der Waals surface area contributed by atoms with Gasteiger partial charge < -0.3 is 5.32 Å². The van der Waals surface area contributed by atoms with Gasteiger partial charge in [-0.05, 0) is 24.3 Å². The van der Waals surface area contributed by atoms with Gasteiger partial charge in [0.25, 0.3) is 0 Å². The van der Waals surface area contributed by atoms with Crippen LogP contribution in [0.25, 0.3) is 17.3 Å². The first-order valence-electron chi connectivity index (χ1n) is 5.56. The van der Waals surface area contributed by atoms with Crippen molar-refractivity contribution in [2.45, 2.75) is 0 Å². The third-order valence-electron chi connectivity index (χ3n) is 2.54. The number of rotatable bonds is 2. The van der Waals surface area contributed by atoms with E-state index in [0.29, 0.717) is 5.75 Å². The van der Waals surface area contributed by atoms with Crippen molar-refractivity contribution in [1.29, 1.82) is 0 Å². The van der Waals surface area contributed by atoms with Crippen LogP contribution in [0.15, 0.2) is 34.7 Å². The highest BCUT2D eigenvalue weighted by Crippen LogP contribution is 2.26. The van der Waals surface area contributed by atoms with Crippen molar-refractivity contribution >= 4 is 35.1 Å². The number of aromatic nitrogens is 1. The fourth-order valence-corrected chi connectivity index (χ4v) is 3.22. The predicted octanol–water partition coefficient (Wildman–Crippen LogP) is 3.11. The average Bonchev–Trinajstić information content (AvgIpc) is 3.00. The molecule has 1 N–H and O–H groups in total. The number of hydrogen-bond acceptors (Lipinski definition) is 4. The summed E-state index contributed by atoms with van der Waals surface area (Å²) in [5.74, 6) is 0.222. The molecule has 1 aliphatic rings. The summed E-state index contributed by atoms with van der Waals surface area (Å²) in [4.78, 5) is 15.5. The Balaban J connectivity index is 1.83. The third kappa shape index (κ3) is 2.85. The Labute approximate surface area is 117 Å². The lowest BCUT2D eigenvalue weighted by Crippen LogP contribution is -2.13. The lowest BCUT2D eigenvalue weighted by Gasteiger charge is -1.95. The molecule has 3 rings (SSSR count). The van der Waals surface area contributed by atoms with Crippen molar-refractivity contribution in [1.82, 2.24) is 10.3 Å². The van der Waals surface area contributed by atoms with Crippen LogP contribution in [0, 0.1) is 5.82 Å². The lowest BCUT2D eigenvalue weighted by molar-refractivity contribution is -0.117. The Morgan fingerprint density at radius 3 is 2.79 bits per heavy atom. The van der Waals surface area contributed by atoms with E-state index in [4.69, 9.17) is 0 Å². The maximum absolute atomic E-state index is 12.8. The maximum atomic E-state index is 12.8. The number of benzene rings is 1. The molecule has 1 aliphatic heterocycles. The van der Waals surface area contributed by atoms with E-state index in [2.05, 4.69) is 10.3 Å². The van der Waals surface area contributed by atoms with E-state index in [1.807, 2.05) is 11.5 Å². The minimum Gasteiger partial charge on any atom is -0.320 e. The zero-order valence-electron chi connectivity index (χ0n) is 9.72. The molecule has 19 heavy (non-hydrogen) atoms. The molecule has 0 bridgehead atoms. The predicted molar refractivity (Wildman–Crippen MR) is 76.1 cm³/mol. The van der Waals surface area contributed by atoms with Gasteiger partial charge in [-0.25, -0.2) is 9.37 Å². The second-order valence-electron chi connectivity index (χ2n) is 3.92. The number of nitrogens with one attached hydrogen (secondary N) is 1. The van der Waals surface area contributed by atoms with Gasteiger partial charge in [0.15, 0.2) is 0 Å². The number of nitrogens with zero attached hydrogens (tertiary/aromatic N) is 1. The molecule has 3 nitrogen and oxygen atoms in total. The molecule has 1 fully saturated rings. The molecule has 0 aliphatic carbocycles. The highest BCUT2D eigenvalue weighted by Gasteiger charge is 2.15. The molecule has 1 saturated heterocycles. The first-order chi connectivity index (χ1) is 9.20. The average molecular weight is 292 g/mol. The number of thioether (sulfide) groups is 1. The van der Waals surface area contributed by atoms with Crippen molar-refractivity contribution in [3.8, 4) is 11.3 Å². The minimum atomic E-state index is -0.258. The van der Waals surface area contributed by atoms with Crippen LogP contribution in [0.5, 0.6) is 0 Å². The summed E-state index contributed by atoms with van der Waals surface area (Å²) in [6, 6.07) is 6.24. The van der Waals surface area contributed by atoms with Gasteiger partial charge in [0.05, 0.1) is 16.5 Å². The van der Waals surface area contributed by atoms with Crippen LogP contribution in [-0.4, -0.2) is 16.6 Å². The van der Waals surface area contributed by atoms with E-state index in [1.165, 1.54) is 35.2 Å². The van der Waals surface area contributed by atoms with Gasteiger partial charge in [0, 0.05) is 17.0 Å². The van der Waals surface area contributed by atoms with Crippen LogP contribution < -0.4 is 5.32 Å². The first-order valence-corrected chi connectivity index (χ1v) is 7.43. The van der Waals surface area contributed by atoms with E-state index >= 15 is 0 Å². The number of carbonyl (C=O) groups is 1. The summed E-state index contributed by atoms with van der Waals surface area (Å²) in [6.07, 6.45) is 1.85. The Morgan fingerprint density at radius 2 is 2.11 bits per heavy atom. The Morgan fingerprint density at radius 1 is 1.32 bits per heavy atom. The van der Waals surface area contributed by atoms with Gasteiger partial charge in [-0.15, -0.1) is 11.3 Å². The van der Waals surface area contributed by atoms with Crippen LogP contribution in [0.1, 0.15) is 5.01 Å². The number of hydrogen-bond donors (Lipinski definition) is 1. The number of amides is 1. The third-order valence-corrected chi connectivity index (χ3v) is 4.27. The van der Waals surface area contributed by atoms with Gasteiger partial charge in [-0.3, -0.25) is 4.79 Å². The number of halogens is 1. The summed E-state index contributed by atoms with van der Waals surface area (Å²) in [5.41, 5.74) is 1.69. The number of carbonyl (C=O) groups excluding carboxylic acids is 1. The van der Waals surface area contributed by atoms with Crippen LogP contribution in [0.3, 0.4) is 0 Å². The molecule has 1 aromatic carbocycles. The van der Waals surface area contributed by atoms with E-state index in [9.17, 15) is 9.18 Å². The second kappa shape index (κ2) is 5.14. The van der Waals surface area contributed by atoms with Crippen LogP contribution in [-0.2, 0) is 4.79 Å². The fourth-order valence-electron chi connectivity index (χ4n) is 1.65.